The second-order valence-corrected chi connectivity index (χ2v) is 5.31. The lowest BCUT2D eigenvalue weighted by molar-refractivity contribution is -0.118. The van der Waals surface area contributed by atoms with E-state index < -0.39 is 0 Å². The zero-order valence-corrected chi connectivity index (χ0v) is 11.1. The highest BCUT2D eigenvalue weighted by atomic mass is 32.2. The van der Waals surface area contributed by atoms with Gasteiger partial charge in [-0.2, -0.15) is 11.8 Å². The largest absolute Gasteiger partial charge is 0.323 e. The Morgan fingerprint density at radius 2 is 2.24 bits per heavy atom. The first-order chi connectivity index (χ1) is 8.13. The number of anilines is 1. The summed E-state index contributed by atoms with van der Waals surface area (Å²) in [5, 5.41) is 0. The molecule has 1 unspecified atom stereocenters. The van der Waals surface area contributed by atoms with Crippen LogP contribution in [0.15, 0.2) is 18.2 Å². The molecule has 17 heavy (non-hydrogen) atoms. The van der Waals surface area contributed by atoms with E-state index >= 15 is 0 Å². The van der Waals surface area contributed by atoms with Crippen LogP contribution < -0.4 is 10.6 Å². The van der Waals surface area contributed by atoms with Gasteiger partial charge in [0.1, 0.15) is 0 Å². The van der Waals surface area contributed by atoms with E-state index in [1.165, 1.54) is 11.1 Å². The van der Waals surface area contributed by atoms with Crippen molar-refractivity contribution in [3.05, 3.63) is 29.3 Å². The van der Waals surface area contributed by atoms with Crippen LogP contribution in [0.5, 0.6) is 0 Å². The molecule has 1 amide bonds. The fraction of sp³-hybridized carbons (Fsp3) is 0.462. The van der Waals surface area contributed by atoms with Crippen molar-refractivity contribution in [2.24, 2.45) is 5.73 Å². The summed E-state index contributed by atoms with van der Waals surface area (Å²) >= 11 is 1.75. The molecule has 0 aromatic heterocycles. The summed E-state index contributed by atoms with van der Waals surface area (Å²) in [6, 6.07) is 6.29. The highest BCUT2D eigenvalue weighted by Gasteiger charge is 2.21. The minimum absolute atomic E-state index is 0.0817. The minimum atomic E-state index is 0.0817. The minimum Gasteiger partial charge on any atom is -0.323 e. The maximum absolute atomic E-state index is 11.6. The molecule has 1 aliphatic rings. The molecule has 0 bridgehead atoms. The Kier molecular flexibility index (Phi) is 3.74. The van der Waals surface area contributed by atoms with Gasteiger partial charge < -0.3 is 10.6 Å². The van der Waals surface area contributed by atoms with Crippen LogP contribution in [0.1, 0.15) is 23.6 Å². The smallest absolute Gasteiger partial charge is 0.227 e. The molecule has 3 nitrogen and oxygen atoms in total. The van der Waals surface area contributed by atoms with Crippen molar-refractivity contribution in [2.75, 3.05) is 24.0 Å². The normalized spacial score (nSPS) is 16.9. The highest BCUT2D eigenvalue weighted by Crippen LogP contribution is 2.29. The van der Waals surface area contributed by atoms with Crippen molar-refractivity contribution in [1.82, 2.24) is 0 Å². The first kappa shape index (κ1) is 12.5. The Labute approximate surface area is 106 Å². The zero-order chi connectivity index (χ0) is 12.4. The number of hydrogen-bond donors (Lipinski definition) is 1. The van der Waals surface area contributed by atoms with Crippen molar-refractivity contribution in [2.45, 2.75) is 18.9 Å². The fourth-order valence-electron chi connectivity index (χ4n) is 2.18. The predicted molar refractivity (Wildman–Crippen MR) is 73.5 cm³/mol. The van der Waals surface area contributed by atoms with Crippen LogP contribution in [0.25, 0.3) is 0 Å². The maximum Gasteiger partial charge on any atom is 0.227 e. The Morgan fingerprint density at radius 3 is 2.94 bits per heavy atom. The average Bonchev–Trinajstić information content (AvgIpc) is 2.34. The molecule has 0 saturated carbocycles. The van der Waals surface area contributed by atoms with Gasteiger partial charge in [-0.1, -0.05) is 12.1 Å². The second-order valence-electron chi connectivity index (χ2n) is 4.40. The molecule has 1 aliphatic heterocycles. The first-order valence-electron chi connectivity index (χ1n) is 5.77. The van der Waals surface area contributed by atoms with Gasteiger partial charge in [-0.25, -0.2) is 0 Å². The van der Waals surface area contributed by atoms with Crippen molar-refractivity contribution in [3.63, 3.8) is 0 Å². The molecule has 0 radical (unpaired) electrons. The van der Waals surface area contributed by atoms with E-state index in [2.05, 4.69) is 12.3 Å². The summed E-state index contributed by atoms with van der Waals surface area (Å²) in [5.74, 6) is 1.12. The number of nitrogens with zero attached hydrogens (tertiary/aromatic N) is 1. The van der Waals surface area contributed by atoms with E-state index in [1.807, 2.05) is 19.2 Å². The van der Waals surface area contributed by atoms with Gasteiger partial charge in [0.2, 0.25) is 5.91 Å². The molecule has 2 N–H and O–H groups in total. The number of aryl methyl sites for hydroxylation is 1. The predicted octanol–water partition coefficient (Wildman–Crippen LogP) is 1.96. The number of carbonyl (C=O) groups is 1. The van der Waals surface area contributed by atoms with Gasteiger partial charge in [-0.05, 0) is 29.9 Å². The lowest BCUT2D eigenvalue weighted by Gasteiger charge is -2.26. The Balaban J connectivity index is 2.29. The molecule has 2 rings (SSSR count). The Hall–Kier alpha value is -1.00. The summed E-state index contributed by atoms with van der Waals surface area (Å²) in [5.41, 5.74) is 9.53. The summed E-state index contributed by atoms with van der Waals surface area (Å²) in [4.78, 5) is 13.3. The van der Waals surface area contributed by atoms with Crippen LogP contribution in [0.2, 0.25) is 0 Å². The summed E-state index contributed by atoms with van der Waals surface area (Å²) in [7, 11) is 1.84. The first-order valence-corrected chi connectivity index (χ1v) is 7.16. The molecule has 1 aromatic carbocycles. The number of amides is 1. The molecule has 1 heterocycles. The number of rotatable bonds is 3. The van der Waals surface area contributed by atoms with Gasteiger partial charge in [0, 0.05) is 31.0 Å². The molecule has 92 valence electrons. The van der Waals surface area contributed by atoms with E-state index in [-0.39, 0.29) is 11.9 Å². The van der Waals surface area contributed by atoms with Crippen molar-refractivity contribution in [1.29, 1.82) is 0 Å². The monoisotopic (exact) mass is 250 g/mol. The number of carbonyl (C=O) groups excluding carboxylic acids is 1. The van der Waals surface area contributed by atoms with Crippen LogP contribution in [0, 0.1) is 0 Å². The molecule has 0 aliphatic carbocycles. The molecule has 0 saturated heterocycles. The van der Waals surface area contributed by atoms with Crippen molar-refractivity contribution >= 4 is 23.4 Å². The van der Waals surface area contributed by atoms with Crippen LogP contribution in [-0.4, -0.2) is 25.0 Å². The molecule has 0 spiro atoms. The molecule has 0 fully saturated rings. The molecular weight excluding hydrogens is 232 g/mol. The topological polar surface area (TPSA) is 46.3 Å². The molecule has 4 heteroatoms. The van der Waals surface area contributed by atoms with Gasteiger partial charge in [-0.15, -0.1) is 0 Å². The Morgan fingerprint density at radius 1 is 1.47 bits per heavy atom. The van der Waals surface area contributed by atoms with E-state index in [1.54, 1.807) is 16.7 Å². The van der Waals surface area contributed by atoms with E-state index in [9.17, 15) is 4.79 Å². The van der Waals surface area contributed by atoms with Gasteiger partial charge in [0.15, 0.2) is 0 Å². The van der Waals surface area contributed by atoms with Gasteiger partial charge in [0.25, 0.3) is 0 Å². The van der Waals surface area contributed by atoms with Crippen LogP contribution in [0.4, 0.5) is 5.69 Å². The fourth-order valence-corrected chi connectivity index (χ4v) is 2.73. The van der Waals surface area contributed by atoms with Crippen LogP contribution in [-0.2, 0) is 11.2 Å². The lowest BCUT2D eigenvalue weighted by Crippen LogP contribution is -2.31. The number of nitrogens with two attached hydrogens (primary N) is 1. The molecule has 1 atom stereocenters. The number of fused-ring (bicyclic) bond motifs is 1. The SMILES string of the molecule is CSCC(N)c1ccc2c(c1)CCC(=O)N2C. The van der Waals surface area contributed by atoms with Crippen molar-refractivity contribution < 1.29 is 4.79 Å². The quantitative estimate of drug-likeness (QED) is 0.892. The number of benzene rings is 1. The standard InChI is InChI=1S/C13H18N2OS/c1-15-12-5-3-9(11(14)8-17-2)7-10(12)4-6-13(15)16/h3,5,7,11H,4,6,8,14H2,1-2H3. The third-order valence-electron chi connectivity index (χ3n) is 3.22. The summed E-state index contributed by atoms with van der Waals surface area (Å²) in [6.45, 7) is 0. The third-order valence-corrected chi connectivity index (χ3v) is 3.91. The average molecular weight is 250 g/mol. The zero-order valence-electron chi connectivity index (χ0n) is 10.3. The number of thioether (sulfide) groups is 1. The maximum atomic E-state index is 11.6. The molecular formula is C13H18N2OS. The van der Waals surface area contributed by atoms with E-state index in [0.29, 0.717) is 6.42 Å². The summed E-state index contributed by atoms with van der Waals surface area (Å²) < 4.78 is 0. The van der Waals surface area contributed by atoms with Crippen LogP contribution in [0.3, 0.4) is 0 Å². The Bertz CT molecular complexity index is 433. The van der Waals surface area contributed by atoms with Gasteiger partial charge in [-0.3, -0.25) is 4.79 Å². The van der Waals surface area contributed by atoms with Crippen molar-refractivity contribution in [3.8, 4) is 0 Å². The van der Waals surface area contributed by atoms with Crippen LogP contribution >= 0.6 is 11.8 Å². The highest BCUT2D eigenvalue weighted by molar-refractivity contribution is 7.98. The third kappa shape index (κ3) is 2.48. The molecule has 1 aromatic rings. The second kappa shape index (κ2) is 5.10. The number of hydrogen-bond acceptors (Lipinski definition) is 3. The van der Waals surface area contributed by atoms with E-state index in [0.717, 1.165) is 17.9 Å². The summed E-state index contributed by atoms with van der Waals surface area (Å²) in [6.07, 6.45) is 3.49. The van der Waals surface area contributed by atoms with Gasteiger partial charge >= 0.3 is 0 Å². The lowest BCUT2D eigenvalue weighted by atomic mass is 9.97. The van der Waals surface area contributed by atoms with Gasteiger partial charge in [0.05, 0.1) is 0 Å². The van der Waals surface area contributed by atoms with E-state index in [4.69, 9.17) is 5.73 Å².